The van der Waals surface area contributed by atoms with Crippen molar-refractivity contribution < 1.29 is 0 Å². The predicted octanol–water partition coefficient (Wildman–Crippen LogP) is 4.70. The number of hydrogen-bond donors (Lipinski definition) is 0. The van der Waals surface area contributed by atoms with Gasteiger partial charge in [0.15, 0.2) is 0 Å². The van der Waals surface area contributed by atoms with Gasteiger partial charge in [0.05, 0.1) is 5.02 Å². The maximum atomic E-state index is 6.25. The molecule has 2 heterocycles. The molecule has 19 heavy (non-hydrogen) atoms. The highest BCUT2D eigenvalue weighted by atomic mass is 35.5. The minimum Gasteiger partial charge on any atom is -0.328 e. The fourth-order valence-corrected chi connectivity index (χ4v) is 2.89. The maximum Gasteiger partial charge on any atom is 0.143 e. The van der Waals surface area contributed by atoms with E-state index in [1.807, 2.05) is 25.1 Å². The van der Waals surface area contributed by atoms with Gasteiger partial charge >= 0.3 is 0 Å². The van der Waals surface area contributed by atoms with Crippen LogP contribution in [0.25, 0.3) is 11.0 Å². The van der Waals surface area contributed by atoms with E-state index in [2.05, 4.69) is 27.9 Å². The molecule has 2 nitrogen and oxygen atoms in total. The SMILES string of the molecule is Cc1cn(Cc2ccccc2)c2nc(Cl)cc(Cl)c12. The van der Waals surface area contributed by atoms with E-state index < -0.39 is 0 Å². The summed E-state index contributed by atoms with van der Waals surface area (Å²) in [5.74, 6) is 0. The minimum atomic E-state index is 0.421. The topological polar surface area (TPSA) is 17.8 Å². The Morgan fingerprint density at radius 2 is 1.89 bits per heavy atom. The third kappa shape index (κ3) is 2.34. The molecule has 0 aliphatic rings. The second-order valence-electron chi connectivity index (χ2n) is 4.55. The molecule has 1 aromatic carbocycles. The zero-order chi connectivity index (χ0) is 13.4. The van der Waals surface area contributed by atoms with Gasteiger partial charge in [0, 0.05) is 18.1 Å². The zero-order valence-electron chi connectivity index (χ0n) is 10.4. The smallest absolute Gasteiger partial charge is 0.143 e. The zero-order valence-corrected chi connectivity index (χ0v) is 11.9. The van der Waals surface area contributed by atoms with Gasteiger partial charge in [0.1, 0.15) is 10.8 Å². The highest BCUT2D eigenvalue weighted by Crippen LogP contribution is 2.29. The summed E-state index contributed by atoms with van der Waals surface area (Å²) in [6.45, 7) is 2.79. The molecule has 0 saturated heterocycles. The number of aryl methyl sites for hydroxylation is 1. The Balaban J connectivity index is 2.14. The standard InChI is InChI=1S/C15H12Cl2N2/c1-10-8-19(9-11-5-3-2-4-6-11)15-14(10)12(16)7-13(17)18-15/h2-8H,9H2,1H3. The number of halogens is 2. The molecule has 96 valence electrons. The Kier molecular flexibility index (Phi) is 3.21. The van der Waals surface area contributed by atoms with Gasteiger partial charge in [-0.25, -0.2) is 4.98 Å². The van der Waals surface area contributed by atoms with Crippen LogP contribution in [0.3, 0.4) is 0 Å². The average Bonchev–Trinajstić information content (AvgIpc) is 2.67. The maximum absolute atomic E-state index is 6.25. The lowest BCUT2D eigenvalue weighted by atomic mass is 10.2. The molecule has 0 N–H and O–H groups in total. The Labute approximate surface area is 121 Å². The largest absolute Gasteiger partial charge is 0.328 e. The van der Waals surface area contributed by atoms with Gasteiger partial charge in [-0.1, -0.05) is 53.5 Å². The molecule has 0 bridgehead atoms. The molecule has 0 amide bonds. The van der Waals surface area contributed by atoms with Gasteiger partial charge in [0.2, 0.25) is 0 Å². The van der Waals surface area contributed by atoms with Crippen molar-refractivity contribution in [3.63, 3.8) is 0 Å². The molecule has 0 aliphatic heterocycles. The molecule has 0 saturated carbocycles. The van der Waals surface area contributed by atoms with E-state index in [4.69, 9.17) is 23.2 Å². The molecule has 0 aliphatic carbocycles. The van der Waals surface area contributed by atoms with Crippen LogP contribution in [0.4, 0.5) is 0 Å². The van der Waals surface area contributed by atoms with E-state index in [0.29, 0.717) is 10.2 Å². The van der Waals surface area contributed by atoms with E-state index in [1.165, 1.54) is 5.56 Å². The van der Waals surface area contributed by atoms with Gasteiger partial charge in [-0.05, 0) is 24.1 Å². The summed E-state index contributed by atoms with van der Waals surface area (Å²) in [6, 6.07) is 11.9. The van der Waals surface area contributed by atoms with Crippen LogP contribution in [0, 0.1) is 6.92 Å². The van der Waals surface area contributed by atoms with Gasteiger partial charge < -0.3 is 4.57 Å². The number of aromatic nitrogens is 2. The molecule has 0 atom stereocenters. The van der Waals surface area contributed by atoms with Crippen LogP contribution >= 0.6 is 23.2 Å². The highest BCUT2D eigenvalue weighted by Gasteiger charge is 2.12. The Morgan fingerprint density at radius 3 is 2.63 bits per heavy atom. The van der Waals surface area contributed by atoms with Gasteiger partial charge in [-0.2, -0.15) is 0 Å². The van der Waals surface area contributed by atoms with Crippen LogP contribution in [0.2, 0.25) is 10.2 Å². The number of pyridine rings is 1. The van der Waals surface area contributed by atoms with Crippen LogP contribution in [0.15, 0.2) is 42.6 Å². The predicted molar refractivity (Wildman–Crippen MR) is 80.0 cm³/mol. The van der Waals surface area contributed by atoms with E-state index in [9.17, 15) is 0 Å². The van der Waals surface area contributed by atoms with Crippen molar-refractivity contribution >= 4 is 34.2 Å². The fourth-order valence-electron chi connectivity index (χ4n) is 2.31. The van der Waals surface area contributed by atoms with Gasteiger partial charge in [0.25, 0.3) is 0 Å². The summed E-state index contributed by atoms with van der Waals surface area (Å²) >= 11 is 12.2. The normalized spacial score (nSPS) is 11.1. The van der Waals surface area contributed by atoms with Gasteiger partial charge in [-0.3, -0.25) is 0 Å². The summed E-state index contributed by atoms with van der Waals surface area (Å²) in [6.07, 6.45) is 2.06. The number of fused-ring (bicyclic) bond motifs is 1. The van der Waals surface area contributed by atoms with Crippen molar-refractivity contribution in [3.05, 3.63) is 63.9 Å². The summed E-state index contributed by atoms with van der Waals surface area (Å²) in [7, 11) is 0. The van der Waals surface area contributed by atoms with Crippen molar-refractivity contribution in [1.29, 1.82) is 0 Å². The quantitative estimate of drug-likeness (QED) is 0.626. The first-order valence-electron chi connectivity index (χ1n) is 6.00. The van der Waals surface area contributed by atoms with Gasteiger partial charge in [-0.15, -0.1) is 0 Å². The number of nitrogens with zero attached hydrogens (tertiary/aromatic N) is 2. The van der Waals surface area contributed by atoms with Crippen molar-refractivity contribution in [3.8, 4) is 0 Å². The second-order valence-corrected chi connectivity index (χ2v) is 5.35. The third-order valence-corrected chi connectivity index (χ3v) is 3.62. The Bertz CT molecular complexity index is 733. The molecule has 0 radical (unpaired) electrons. The minimum absolute atomic E-state index is 0.421. The van der Waals surface area contributed by atoms with Crippen LogP contribution in [-0.4, -0.2) is 9.55 Å². The van der Waals surface area contributed by atoms with E-state index >= 15 is 0 Å². The highest BCUT2D eigenvalue weighted by molar-refractivity contribution is 6.37. The first kappa shape index (κ1) is 12.5. The Morgan fingerprint density at radius 1 is 1.16 bits per heavy atom. The molecule has 4 heteroatoms. The van der Waals surface area contributed by atoms with E-state index in [-0.39, 0.29) is 0 Å². The molecule has 3 rings (SSSR count). The molecule has 0 fully saturated rings. The average molecular weight is 291 g/mol. The first-order chi connectivity index (χ1) is 9.15. The third-order valence-electron chi connectivity index (χ3n) is 3.13. The summed E-state index contributed by atoms with van der Waals surface area (Å²) < 4.78 is 2.08. The van der Waals surface area contributed by atoms with E-state index in [0.717, 1.165) is 23.1 Å². The molecule has 0 spiro atoms. The monoisotopic (exact) mass is 290 g/mol. The number of rotatable bonds is 2. The van der Waals surface area contributed by atoms with Crippen LogP contribution < -0.4 is 0 Å². The molecular weight excluding hydrogens is 279 g/mol. The van der Waals surface area contributed by atoms with Crippen LogP contribution in [-0.2, 0) is 6.54 Å². The lowest BCUT2D eigenvalue weighted by molar-refractivity contribution is 0.823. The molecular formula is C15H12Cl2N2. The first-order valence-corrected chi connectivity index (χ1v) is 6.76. The van der Waals surface area contributed by atoms with Crippen molar-refractivity contribution in [2.45, 2.75) is 13.5 Å². The summed E-state index contributed by atoms with van der Waals surface area (Å²) in [4.78, 5) is 4.40. The fraction of sp³-hybridized carbons (Fsp3) is 0.133. The van der Waals surface area contributed by atoms with Crippen LogP contribution in [0.1, 0.15) is 11.1 Å². The molecule has 0 unspecified atom stereocenters. The van der Waals surface area contributed by atoms with E-state index in [1.54, 1.807) is 6.07 Å². The van der Waals surface area contributed by atoms with Crippen molar-refractivity contribution in [2.24, 2.45) is 0 Å². The van der Waals surface area contributed by atoms with Crippen molar-refractivity contribution in [1.82, 2.24) is 9.55 Å². The van der Waals surface area contributed by atoms with Crippen LogP contribution in [0.5, 0.6) is 0 Å². The molecule has 3 aromatic rings. The summed E-state index contributed by atoms with van der Waals surface area (Å²) in [5, 5.41) is 2.05. The number of hydrogen-bond acceptors (Lipinski definition) is 1. The molecule has 2 aromatic heterocycles. The van der Waals surface area contributed by atoms with Crippen molar-refractivity contribution in [2.75, 3.05) is 0 Å². The lowest BCUT2D eigenvalue weighted by Crippen LogP contribution is -1.99. The Hall–Kier alpha value is -1.51. The number of benzene rings is 1. The second kappa shape index (κ2) is 4.87. The lowest BCUT2D eigenvalue weighted by Gasteiger charge is -2.05. The summed E-state index contributed by atoms with van der Waals surface area (Å²) in [5.41, 5.74) is 3.16.